The highest BCUT2D eigenvalue weighted by Gasteiger charge is 2.25. The highest BCUT2D eigenvalue weighted by atomic mass is 35.5. The number of rotatable bonds is 10. The SMILES string of the molecule is COc1ccccc1C(CNCc1ccccc1OCc1cccnc1)N1CCCC1.Cl. The lowest BCUT2D eigenvalue weighted by atomic mass is 10.0. The van der Waals surface area contributed by atoms with Gasteiger partial charge < -0.3 is 14.8 Å². The maximum atomic E-state index is 6.09. The third-order valence-electron chi connectivity index (χ3n) is 5.82. The van der Waals surface area contributed by atoms with E-state index in [4.69, 9.17) is 9.47 Å². The maximum Gasteiger partial charge on any atom is 0.124 e. The number of ether oxygens (including phenoxy) is 2. The number of pyridine rings is 1. The van der Waals surface area contributed by atoms with Crippen molar-refractivity contribution in [2.45, 2.75) is 32.0 Å². The van der Waals surface area contributed by atoms with Gasteiger partial charge in [0.15, 0.2) is 0 Å². The Morgan fingerprint density at radius 2 is 1.72 bits per heavy atom. The van der Waals surface area contributed by atoms with Gasteiger partial charge in [0.05, 0.1) is 13.2 Å². The summed E-state index contributed by atoms with van der Waals surface area (Å²) in [5.41, 5.74) is 3.47. The number of benzene rings is 2. The first-order chi connectivity index (χ1) is 15.3. The molecule has 4 rings (SSSR count). The summed E-state index contributed by atoms with van der Waals surface area (Å²) in [6.07, 6.45) is 6.14. The minimum atomic E-state index is 0. The minimum Gasteiger partial charge on any atom is -0.496 e. The molecule has 0 amide bonds. The highest BCUT2D eigenvalue weighted by molar-refractivity contribution is 5.85. The molecular formula is C26H32ClN3O2. The molecule has 6 heteroatoms. The number of halogens is 1. The second kappa shape index (κ2) is 12.4. The van der Waals surface area contributed by atoms with Gasteiger partial charge in [0.1, 0.15) is 18.1 Å². The summed E-state index contributed by atoms with van der Waals surface area (Å²) in [7, 11) is 1.75. The van der Waals surface area contributed by atoms with E-state index in [9.17, 15) is 0 Å². The fraction of sp³-hybridized carbons (Fsp3) is 0.346. The van der Waals surface area contributed by atoms with Gasteiger partial charge in [-0.15, -0.1) is 12.4 Å². The standard InChI is InChI=1S/C26H31N3O2.ClH/c1-30-26-13-5-3-11-23(26)24(29-15-6-7-16-29)19-28-18-22-10-2-4-12-25(22)31-20-21-9-8-14-27-17-21;/h2-5,8-14,17,24,28H,6-7,15-16,18-20H2,1H3;1H. The Hall–Kier alpha value is -2.60. The van der Waals surface area contributed by atoms with Crippen LogP contribution in [-0.2, 0) is 13.2 Å². The Labute approximate surface area is 197 Å². The zero-order chi connectivity index (χ0) is 21.3. The fourth-order valence-electron chi connectivity index (χ4n) is 4.21. The topological polar surface area (TPSA) is 46.6 Å². The number of nitrogens with zero attached hydrogens (tertiary/aromatic N) is 2. The fourth-order valence-corrected chi connectivity index (χ4v) is 4.21. The molecule has 1 saturated heterocycles. The van der Waals surface area contributed by atoms with Crippen LogP contribution in [0.3, 0.4) is 0 Å². The molecule has 1 N–H and O–H groups in total. The lowest BCUT2D eigenvalue weighted by molar-refractivity contribution is 0.232. The second-order valence-corrected chi connectivity index (χ2v) is 7.89. The summed E-state index contributed by atoms with van der Waals surface area (Å²) in [5.74, 6) is 1.87. The van der Waals surface area contributed by atoms with Crippen molar-refractivity contribution in [2.24, 2.45) is 0 Å². The molecule has 32 heavy (non-hydrogen) atoms. The summed E-state index contributed by atoms with van der Waals surface area (Å²) in [6, 6.07) is 20.9. The van der Waals surface area contributed by atoms with Crippen LogP contribution < -0.4 is 14.8 Å². The molecular weight excluding hydrogens is 422 g/mol. The van der Waals surface area contributed by atoms with E-state index in [-0.39, 0.29) is 12.4 Å². The maximum absolute atomic E-state index is 6.09. The van der Waals surface area contributed by atoms with E-state index in [1.54, 1.807) is 13.3 Å². The van der Waals surface area contributed by atoms with Gasteiger partial charge in [-0.05, 0) is 44.1 Å². The van der Waals surface area contributed by atoms with Gasteiger partial charge in [-0.2, -0.15) is 0 Å². The molecule has 1 aliphatic rings. The van der Waals surface area contributed by atoms with Crippen molar-refractivity contribution in [3.63, 3.8) is 0 Å². The monoisotopic (exact) mass is 453 g/mol. The summed E-state index contributed by atoms with van der Waals surface area (Å²) in [5, 5.41) is 3.68. The van der Waals surface area contributed by atoms with E-state index >= 15 is 0 Å². The van der Waals surface area contributed by atoms with Crippen molar-refractivity contribution in [3.8, 4) is 11.5 Å². The van der Waals surface area contributed by atoms with Crippen molar-refractivity contribution in [2.75, 3.05) is 26.7 Å². The molecule has 0 saturated carbocycles. The minimum absolute atomic E-state index is 0. The van der Waals surface area contributed by atoms with E-state index in [0.717, 1.165) is 48.8 Å². The predicted octanol–water partition coefficient (Wildman–Crippen LogP) is 5.02. The molecule has 0 bridgehead atoms. The van der Waals surface area contributed by atoms with Gasteiger partial charge in [0.2, 0.25) is 0 Å². The molecule has 3 aromatic rings. The van der Waals surface area contributed by atoms with E-state index in [1.165, 1.54) is 18.4 Å². The first-order valence-electron chi connectivity index (χ1n) is 11.0. The Morgan fingerprint density at radius 3 is 2.47 bits per heavy atom. The highest BCUT2D eigenvalue weighted by Crippen LogP contribution is 2.31. The van der Waals surface area contributed by atoms with Crippen molar-refractivity contribution < 1.29 is 9.47 Å². The van der Waals surface area contributed by atoms with Gasteiger partial charge >= 0.3 is 0 Å². The van der Waals surface area contributed by atoms with Gasteiger partial charge in [0.25, 0.3) is 0 Å². The van der Waals surface area contributed by atoms with Gasteiger partial charge in [-0.25, -0.2) is 0 Å². The predicted molar refractivity (Wildman–Crippen MR) is 131 cm³/mol. The average molecular weight is 454 g/mol. The van der Waals surface area contributed by atoms with E-state index in [1.807, 2.05) is 36.5 Å². The van der Waals surface area contributed by atoms with Gasteiger partial charge in [-0.1, -0.05) is 42.5 Å². The van der Waals surface area contributed by atoms with Crippen LogP contribution in [0.25, 0.3) is 0 Å². The van der Waals surface area contributed by atoms with Crippen LogP contribution in [0.5, 0.6) is 11.5 Å². The molecule has 0 spiro atoms. The largest absolute Gasteiger partial charge is 0.496 e. The smallest absolute Gasteiger partial charge is 0.124 e. The van der Waals surface area contributed by atoms with Crippen LogP contribution in [0, 0.1) is 0 Å². The van der Waals surface area contributed by atoms with E-state index < -0.39 is 0 Å². The molecule has 1 aromatic heterocycles. The van der Waals surface area contributed by atoms with Crippen molar-refractivity contribution >= 4 is 12.4 Å². The van der Waals surface area contributed by atoms with Crippen LogP contribution in [0.1, 0.15) is 35.6 Å². The molecule has 5 nitrogen and oxygen atoms in total. The lowest BCUT2D eigenvalue weighted by Crippen LogP contribution is -2.34. The number of hydrogen-bond acceptors (Lipinski definition) is 5. The van der Waals surface area contributed by atoms with Gasteiger partial charge in [-0.3, -0.25) is 9.88 Å². The van der Waals surface area contributed by atoms with Crippen molar-refractivity contribution in [1.82, 2.24) is 15.2 Å². The summed E-state index contributed by atoms with van der Waals surface area (Å²) in [6.45, 7) is 4.40. The Balaban J connectivity index is 0.00000289. The second-order valence-electron chi connectivity index (χ2n) is 7.89. The third kappa shape index (κ3) is 6.22. The normalized spacial score (nSPS) is 14.5. The van der Waals surface area contributed by atoms with Crippen LogP contribution in [0.2, 0.25) is 0 Å². The number of hydrogen-bond donors (Lipinski definition) is 1. The van der Waals surface area contributed by atoms with Crippen molar-refractivity contribution in [3.05, 3.63) is 89.7 Å². The van der Waals surface area contributed by atoms with Gasteiger partial charge in [0, 0.05) is 42.2 Å². The zero-order valence-electron chi connectivity index (χ0n) is 18.6. The number of nitrogens with one attached hydrogen (secondary N) is 1. The van der Waals surface area contributed by atoms with Crippen LogP contribution >= 0.6 is 12.4 Å². The Bertz CT molecular complexity index is 949. The molecule has 2 heterocycles. The first-order valence-corrected chi connectivity index (χ1v) is 11.0. The molecule has 1 atom stereocenters. The molecule has 1 fully saturated rings. The molecule has 1 unspecified atom stereocenters. The zero-order valence-corrected chi connectivity index (χ0v) is 19.4. The van der Waals surface area contributed by atoms with Crippen LogP contribution in [0.15, 0.2) is 73.1 Å². The van der Waals surface area contributed by atoms with Crippen LogP contribution in [0.4, 0.5) is 0 Å². The van der Waals surface area contributed by atoms with Crippen LogP contribution in [-0.4, -0.2) is 36.6 Å². The average Bonchev–Trinajstić information content (AvgIpc) is 3.36. The first kappa shape index (κ1) is 24.1. The Kier molecular flexibility index (Phi) is 9.35. The molecule has 0 radical (unpaired) electrons. The summed E-state index contributed by atoms with van der Waals surface area (Å²) in [4.78, 5) is 6.73. The van der Waals surface area contributed by atoms with E-state index in [2.05, 4.69) is 45.5 Å². The molecule has 170 valence electrons. The molecule has 0 aliphatic carbocycles. The van der Waals surface area contributed by atoms with Crippen molar-refractivity contribution in [1.29, 1.82) is 0 Å². The molecule has 2 aromatic carbocycles. The quantitative estimate of drug-likeness (QED) is 0.467. The third-order valence-corrected chi connectivity index (χ3v) is 5.82. The number of likely N-dealkylation sites (tertiary alicyclic amines) is 1. The molecule has 1 aliphatic heterocycles. The summed E-state index contributed by atoms with van der Waals surface area (Å²) >= 11 is 0. The Morgan fingerprint density at radius 1 is 0.969 bits per heavy atom. The number of methoxy groups -OCH3 is 1. The number of aromatic nitrogens is 1. The number of para-hydroxylation sites is 2. The summed E-state index contributed by atoms with van der Waals surface area (Å²) < 4.78 is 11.8. The van der Waals surface area contributed by atoms with E-state index in [0.29, 0.717) is 12.6 Å². The lowest BCUT2D eigenvalue weighted by Gasteiger charge is -2.29.